The van der Waals surface area contributed by atoms with Crippen LogP contribution >= 0.6 is 0 Å². The SMILES string of the molecule is CCC(c1ccccc1[N+](=O)[O-])n1cc(C(=O)O)nc1C(=O)O. The number of carbonyl (C=O) groups is 2. The Morgan fingerprint density at radius 2 is 1.96 bits per heavy atom. The van der Waals surface area contributed by atoms with Crippen molar-refractivity contribution in [3.63, 3.8) is 0 Å². The third-order valence-electron chi connectivity index (χ3n) is 3.36. The Morgan fingerprint density at radius 3 is 2.48 bits per heavy atom. The van der Waals surface area contributed by atoms with E-state index in [1.807, 2.05) is 0 Å². The summed E-state index contributed by atoms with van der Waals surface area (Å²) >= 11 is 0. The number of imidazole rings is 1. The largest absolute Gasteiger partial charge is 0.476 e. The van der Waals surface area contributed by atoms with Crippen molar-refractivity contribution in [2.24, 2.45) is 0 Å². The molecule has 1 aromatic carbocycles. The number of nitrogens with zero attached hydrogens (tertiary/aromatic N) is 3. The number of nitro benzene ring substituents is 1. The highest BCUT2D eigenvalue weighted by Gasteiger charge is 2.27. The fourth-order valence-corrected chi connectivity index (χ4v) is 2.39. The van der Waals surface area contributed by atoms with E-state index in [0.29, 0.717) is 6.42 Å². The molecule has 2 aromatic rings. The molecule has 0 radical (unpaired) electrons. The first-order valence-corrected chi connectivity index (χ1v) is 6.65. The third kappa shape index (κ3) is 3.03. The van der Waals surface area contributed by atoms with Crippen LogP contribution in [0.4, 0.5) is 5.69 Å². The van der Waals surface area contributed by atoms with Crippen molar-refractivity contribution >= 4 is 17.6 Å². The number of carboxylic acid groups (broad SMARTS) is 2. The zero-order valence-electron chi connectivity index (χ0n) is 12.0. The summed E-state index contributed by atoms with van der Waals surface area (Å²) in [6.45, 7) is 1.72. The first-order chi connectivity index (χ1) is 10.9. The van der Waals surface area contributed by atoms with Crippen LogP contribution in [-0.4, -0.2) is 36.6 Å². The second kappa shape index (κ2) is 6.26. The third-order valence-corrected chi connectivity index (χ3v) is 3.36. The van der Waals surface area contributed by atoms with Gasteiger partial charge >= 0.3 is 11.9 Å². The number of carboxylic acids is 2. The summed E-state index contributed by atoms with van der Waals surface area (Å²) < 4.78 is 1.15. The molecule has 0 saturated carbocycles. The lowest BCUT2D eigenvalue weighted by atomic mass is 10.0. The van der Waals surface area contributed by atoms with E-state index >= 15 is 0 Å². The number of hydrogen-bond donors (Lipinski definition) is 2. The Hall–Kier alpha value is -3.23. The highest BCUT2D eigenvalue weighted by atomic mass is 16.6. The number of aromatic nitrogens is 2. The molecule has 0 aliphatic carbocycles. The van der Waals surface area contributed by atoms with Gasteiger partial charge in [-0.2, -0.15) is 0 Å². The van der Waals surface area contributed by atoms with Gasteiger partial charge in [-0.3, -0.25) is 10.1 Å². The molecule has 0 fully saturated rings. The van der Waals surface area contributed by atoms with Gasteiger partial charge in [0, 0.05) is 12.3 Å². The molecule has 0 bridgehead atoms. The molecule has 0 saturated heterocycles. The first kappa shape index (κ1) is 16.1. The molecule has 9 heteroatoms. The molecule has 0 aliphatic rings. The number of para-hydroxylation sites is 1. The van der Waals surface area contributed by atoms with Gasteiger partial charge in [0.1, 0.15) is 0 Å². The van der Waals surface area contributed by atoms with Gasteiger partial charge in [-0.25, -0.2) is 14.6 Å². The zero-order valence-corrected chi connectivity index (χ0v) is 12.0. The summed E-state index contributed by atoms with van der Waals surface area (Å²) in [6, 6.07) is 5.21. The monoisotopic (exact) mass is 319 g/mol. The lowest BCUT2D eigenvalue weighted by Gasteiger charge is -2.18. The summed E-state index contributed by atoms with van der Waals surface area (Å²) in [7, 11) is 0. The van der Waals surface area contributed by atoms with Crippen LogP contribution in [0.2, 0.25) is 0 Å². The molecule has 1 atom stereocenters. The minimum Gasteiger partial charge on any atom is -0.476 e. The Bertz CT molecular complexity index is 783. The van der Waals surface area contributed by atoms with Gasteiger partial charge in [0.25, 0.3) is 5.69 Å². The van der Waals surface area contributed by atoms with E-state index in [4.69, 9.17) is 5.11 Å². The smallest absolute Gasteiger partial charge is 0.372 e. The van der Waals surface area contributed by atoms with Crippen LogP contribution in [0.3, 0.4) is 0 Å². The second-order valence-corrected chi connectivity index (χ2v) is 4.71. The van der Waals surface area contributed by atoms with E-state index in [0.717, 1.165) is 10.8 Å². The number of nitro groups is 1. The molecule has 1 unspecified atom stereocenters. The quantitative estimate of drug-likeness (QED) is 0.615. The highest BCUT2D eigenvalue weighted by molar-refractivity contribution is 5.89. The van der Waals surface area contributed by atoms with Crippen LogP contribution in [0.1, 0.15) is 46.1 Å². The Labute approximate surface area is 130 Å². The van der Waals surface area contributed by atoms with Gasteiger partial charge < -0.3 is 14.8 Å². The minimum atomic E-state index is -1.41. The summed E-state index contributed by atoms with van der Waals surface area (Å²) in [4.78, 5) is 36.5. The lowest BCUT2D eigenvalue weighted by molar-refractivity contribution is -0.385. The normalized spacial score (nSPS) is 11.9. The standard InChI is InChI=1S/C14H13N3O6/c1-2-10(8-5-3-4-6-11(8)17(22)23)16-7-9(13(18)19)15-12(16)14(20)21/h3-7,10H,2H2,1H3,(H,18,19)(H,20,21). The average molecular weight is 319 g/mol. The molecule has 0 spiro atoms. The maximum Gasteiger partial charge on any atom is 0.372 e. The van der Waals surface area contributed by atoms with Crippen LogP contribution in [-0.2, 0) is 0 Å². The molecule has 120 valence electrons. The van der Waals surface area contributed by atoms with Crippen molar-refractivity contribution in [1.29, 1.82) is 0 Å². The molecular weight excluding hydrogens is 306 g/mol. The molecule has 23 heavy (non-hydrogen) atoms. The maximum absolute atomic E-state index is 11.3. The summed E-state index contributed by atoms with van der Waals surface area (Å²) in [5, 5.41) is 29.4. The van der Waals surface area contributed by atoms with Gasteiger partial charge in [-0.1, -0.05) is 25.1 Å². The number of hydrogen-bond acceptors (Lipinski definition) is 5. The van der Waals surface area contributed by atoms with Crippen molar-refractivity contribution < 1.29 is 24.7 Å². The van der Waals surface area contributed by atoms with E-state index in [1.54, 1.807) is 13.0 Å². The summed E-state index contributed by atoms with van der Waals surface area (Å²) in [5.74, 6) is -3.26. The van der Waals surface area contributed by atoms with Crippen LogP contribution in [0.15, 0.2) is 30.5 Å². The van der Waals surface area contributed by atoms with Crippen molar-refractivity contribution in [3.05, 3.63) is 57.7 Å². The number of aromatic carboxylic acids is 2. The summed E-state index contributed by atoms with van der Waals surface area (Å²) in [5.41, 5.74) is -0.308. The van der Waals surface area contributed by atoms with Gasteiger partial charge in [0.15, 0.2) is 5.69 Å². The predicted octanol–water partition coefficient (Wildman–Crippen LogP) is 2.19. The van der Waals surface area contributed by atoms with E-state index in [1.165, 1.54) is 18.2 Å². The van der Waals surface area contributed by atoms with Crippen molar-refractivity contribution in [2.75, 3.05) is 0 Å². The molecule has 1 aromatic heterocycles. The van der Waals surface area contributed by atoms with Crippen molar-refractivity contribution in [3.8, 4) is 0 Å². The lowest BCUT2D eigenvalue weighted by Crippen LogP contribution is -2.17. The summed E-state index contributed by atoms with van der Waals surface area (Å²) in [6.07, 6.45) is 1.40. The topological polar surface area (TPSA) is 136 Å². The van der Waals surface area contributed by atoms with Crippen LogP contribution in [0.5, 0.6) is 0 Å². The molecular formula is C14H13N3O6. The van der Waals surface area contributed by atoms with Gasteiger partial charge in [-0.05, 0) is 6.42 Å². The predicted molar refractivity (Wildman–Crippen MR) is 77.7 cm³/mol. The second-order valence-electron chi connectivity index (χ2n) is 4.71. The minimum absolute atomic E-state index is 0.165. The fraction of sp³-hybridized carbons (Fsp3) is 0.214. The maximum atomic E-state index is 11.3. The van der Waals surface area contributed by atoms with Crippen LogP contribution in [0.25, 0.3) is 0 Å². The Balaban J connectivity index is 2.65. The van der Waals surface area contributed by atoms with Gasteiger partial charge in [-0.15, -0.1) is 0 Å². The highest BCUT2D eigenvalue weighted by Crippen LogP contribution is 2.31. The van der Waals surface area contributed by atoms with E-state index < -0.39 is 34.4 Å². The van der Waals surface area contributed by atoms with Gasteiger partial charge in [0.2, 0.25) is 5.82 Å². The van der Waals surface area contributed by atoms with Crippen LogP contribution in [0, 0.1) is 10.1 Å². The van der Waals surface area contributed by atoms with E-state index in [-0.39, 0.29) is 11.3 Å². The zero-order chi connectivity index (χ0) is 17.1. The Morgan fingerprint density at radius 1 is 1.30 bits per heavy atom. The van der Waals surface area contributed by atoms with E-state index in [9.17, 15) is 24.8 Å². The van der Waals surface area contributed by atoms with E-state index in [2.05, 4.69) is 4.98 Å². The molecule has 9 nitrogen and oxygen atoms in total. The van der Waals surface area contributed by atoms with Crippen molar-refractivity contribution in [2.45, 2.75) is 19.4 Å². The van der Waals surface area contributed by atoms with Crippen LogP contribution < -0.4 is 0 Å². The number of benzene rings is 1. The molecule has 0 aliphatic heterocycles. The first-order valence-electron chi connectivity index (χ1n) is 6.65. The molecule has 2 rings (SSSR count). The average Bonchev–Trinajstić information content (AvgIpc) is 2.94. The molecule has 2 N–H and O–H groups in total. The number of rotatable bonds is 6. The van der Waals surface area contributed by atoms with Gasteiger partial charge in [0.05, 0.1) is 16.5 Å². The fourth-order valence-electron chi connectivity index (χ4n) is 2.39. The van der Waals surface area contributed by atoms with Crippen molar-refractivity contribution in [1.82, 2.24) is 9.55 Å². The Kier molecular flexibility index (Phi) is 4.39. The molecule has 1 heterocycles. The molecule has 0 amide bonds.